The molecule has 92 valence electrons. The minimum atomic E-state index is 0.0662. The molecule has 0 saturated carbocycles. The quantitative estimate of drug-likeness (QED) is 0.866. The van der Waals surface area contributed by atoms with Gasteiger partial charge in [-0.3, -0.25) is 4.79 Å². The van der Waals surface area contributed by atoms with E-state index >= 15 is 0 Å². The van der Waals surface area contributed by atoms with Crippen molar-refractivity contribution in [1.82, 2.24) is 5.32 Å². The summed E-state index contributed by atoms with van der Waals surface area (Å²) in [5, 5.41) is 2.87. The standard InChI is InChI=1S/C13H17NO3/c1-9(2)14-12(15)7-6-10-4-3-5-11-13(10)17-8-16-11/h3-5,9H,6-8H2,1-2H3,(H,14,15). The van der Waals surface area contributed by atoms with Gasteiger partial charge in [0.05, 0.1) is 0 Å². The summed E-state index contributed by atoms with van der Waals surface area (Å²) in [6.07, 6.45) is 1.14. The van der Waals surface area contributed by atoms with E-state index in [1.54, 1.807) is 0 Å². The Labute approximate surface area is 101 Å². The first-order valence-electron chi connectivity index (χ1n) is 5.83. The number of aryl methyl sites for hydroxylation is 1. The van der Waals surface area contributed by atoms with Crippen molar-refractivity contribution in [3.05, 3.63) is 23.8 Å². The summed E-state index contributed by atoms with van der Waals surface area (Å²) in [6, 6.07) is 5.95. The largest absolute Gasteiger partial charge is 0.454 e. The normalized spacial score (nSPS) is 12.9. The van der Waals surface area contributed by atoms with E-state index in [9.17, 15) is 4.79 Å². The van der Waals surface area contributed by atoms with Crippen LogP contribution >= 0.6 is 0 Å². The fourth-order valence-electron chi connectivity index (χ4n) is 1.83. The highest BCUT2D eigenvalue weighted by atomic mass is 16.7. The molecule has 0 spiro atoms. The van der Waals surface area contributed by atoms with E-state index in [4.69, 9.17) is 9.47 Å². The minimum Gasteiger partial charge on any atom is -0.454 e. The number of hydrogen-bond acceptors (Lipinski definition) is 3. The Hall–Kier alpha value is -1.71. The first kappa shape index (κ1) is 11.8. The second-order valence-electron chi connectivity index (χ2n) is 4.37. The van der Waals surface area contributed by atoms with Crippen LogP contribution in [0.2, 0.25) is 0 Å². The minimum absolute atomic E-state index is 0.0662. The van der Waals surface area contributed by atoms with Crippen LogP contribution in [0.3, 0.4) is 0 Å². The van der Waals surface area contributed by atoms with Gasteiger partial charge in [-0.15, -0.1) is 0 Å². The lowest BCUT2D eigenvalue weighted by Gasteiger charge is -2.09. The number of benzene rings is 1. The van der Waals surface area contributed by atoms with Crippen molar-refractivity contribution in [1.29, 1.82) is 0 Å². The highest BCUT2D eigenvalue weighted by Gasteiger charge is 2.17. The van der Waals surface area contributed by atoms with E-state index in [1.807, 2.05) is 32.0 Å². The number of carbonyl (C=O) groups excluding carboxylic acids is 1. The first-order valence-corrected chi connectivity index (χ1v) is 5.83. The molecule has 17 heavy (non-hydrogen) atoms. The maximum atomic E-state index is 11.5. The van der Waals surface area contributed by atoms with E-state index in [2.05, 4.69) is 5.32 Å². The average molecular weight is 235 g/mol. The number of fused-ring (bicyclic) bond motifs is 1. The van der Waals surface area contributed by atoms with Gasteiger partial charge < -0.3 is 14.8 Å². The second kappa shape index (κ2) is 5.08. The highest BCUT2D eigenvalue weighted by Crippen LogP contribution is 2.35. The van der Waals surface area contributed by atoms with Crippen LogP contribution in [0.15, 0.2) is 18.2 Å². The zero-order valence-corrected chi connectivity index (χ0v) is 10.2. The zero-order valence-electron chi connectivity index (χ0n) is 10.2. The summed E-state index contributed by atoms with van der Waals surface area (Å²) in [7, 11) is 0. The maximum absolute atomic E-state index is 11.5. The Morgan fingerprint density at radius 3 is 3.00 bits per heavy atom. The van der Waals surface area contributed by atoms with Crippen molar-refractivity contribution in [2.75, 3.05) is 6.79 Å². The molecule has 0 aromatic heterocycles. The van der Waals surface area contributed by atoms with Crippen molar-refractivity contribution in [2.24, 2.45) is 0 Å². The summed E-state index contributed by atoms with van der Waals surface area (Å²) >= 11 is 0. The van der Waals surface area contributed by atoms with Crippen LogP contribution in [0.5, 0.6) is 11.5 Å². The number of hydrogen-bond donors (Lipinski definition) is 1. The summed E-state index contributed by atoms with van der Waals surface area (Å²) in [4.78, 5) is 11.5. The fraction of sp³-hybridized carbons (Fsp3) is 0.462. The number of ether oxygens (including phenoxy) is 2. The second-order valence-corrected chi connectivity index (χ2v) is 4.37. The summed E-state index contributed by atoms with van der Waals surface area (Å²) < 4.78 is 10.7. The predicted octanol–water partition coefficient (Wildman–Crippen LogP) is 1.87. The van der Waals surface area contributed by atoms with Gasteiger partial charge in [0.1, 0.15) is 0 Å². The Morgan fingerprint density at radius 1 is 1.41 bits per heavy atom. The maximum Gasteiger partial charge on any atom is 0.231 e. The van der Waals surface area contributed by atoms with Crippen LogP contribution in [-0.4, -0.2) is 18.7 Å². The van der Waals surface area contributed by atoms with Crippen molar-refractivity contribution in [3.8, 4) is 11.5 Å². The Kier molecular flexibility index (Phi) is 3.52. The van der Waals surface area contributed by atoms with Gasteiger partial charge in [-0.1, -0.05) is 12.1 Å². The molecular formula is C13H17NO3. The van der Waals surface area contributed by atoms with Crippen molar-refractivity contribution < 1.29 is 14.3 Å². The lowest BCUT2D eigenvalue weighted by molar-refractivity contribution is -0.121. The van der Waals surface area contributed by atoms with Gasteiger partial charge in [-0.05, 0) is 31.9 Å². The average Bonchev–Trinajstić information content (AvgIpc) is 2.73. The SMILES string of the molecule is CC(C)NC(=O)CCc1cccc2c1OCO2. The number of amides is 1. The molecule has 0 atom stereocenters. The van der Waals surface area contributed by atoms with E-state index in [-0.39, 0.29) is 18.7 Å². The van der Waals surface area contributed by atoms with Crippen LogP contribution in [0.25, 0.3) is 0 Å². The van der Waals surface area contributed by atoms with E-state index in [0.717, 1.165) is 17.1 Å². The molecule has 0 radical (unpaired) electrons. The molecule has 0 saturated heterocycles. The number of para-hydroxylation sites is 1. The highest BCUT2D eigenvalue weighted by molar-refractivity contribution is 5.76. The third kappa shape index (κ3) is 2.90. The molecule has 1 aliphatic heterocycles. The van der Waals surface area contributed by atoms with Crippen molar-refractivity contribution in [3.63, 3.8) is 0 Å². The van der Waals surface area contributed by atoms with Crippen LogP contribution in [0.1, 0.15) is 25.8 Å². The lowest BCUT2D eigenvalue weighted by Crippen LogP contribution is -2.30. The molecule has 1 N–H and O–H groups in total. The van der Waals surface area contributed by atoms with Gasteiger partial charge in [0.25, 0.3) is 0 Å². The van der Waals surface area contributed by atoms with Crippen LogP contribution in [0, 0.1) is 0 Å². The number of carbonyl (C=O) groups is 1. The molecule has 0 bridgehead atoms. The van der Waals surface area contributed by atoms with Crippen molar-refractivity contribution in [2.45, 2.75) is 32.7 Å². The van der Waals surface area contributed by atoms with Gasteiger partial charge in [0.2, 0.25) is 12.7 Å². The molecule has 2 rings (SSSR count). The van der Waals surface area contributed by atoms with Gasteiger partial charge >= 0.3 is 0 Å². The monoisotopic (exact) mass is 235 g/mol. The van der Waals surface area contributed by atoms with E-state index in [1.165, 1.54) is 0 Å². The first-order chi connectivity index (χ1) is 8.16. The molecule has 0 aliphatic carbocycles. The molecular weight excluding hydrogens is 218 g/mol. The molecule has 1 aromatic carbocycles. The summed E-state index contributed by atoms with van der Waals surface area (Å²) in [6.45, 7) is 4.18. The molecule has 0 unspecified atom stereocenters. The summed E-state index contributed by atoms with van der Waals surface area (Å²) in [5.74, 6) is 1.62. The molecule has 4 heteroatoms. The van der Waals surface area contributed by atoms with Gasteiger partial charge in [0, 0.05) is 12.5 Å². The molecule has 1 amide bonds. The Bertz CT molecular complexity index is 415. The molecule has 1 heterocycles. The number of rotatable bonds is 4. The number of nitrogens with one attached hydrogen (secondary N) is 1. The Balaban J connectivity index is 1.96. The lowest BCUT2D eigenvalue weighted by atomic mass is 10.1. The van der Waals surface area contributed by atoms with Crippen LogP contribution in [0.4, 0.5) is 0 Å². The third-order valence-electron chi connectivity index (χ3n) is 2.55. The molecule has 0 fully saturated rings. The summed E-state index contributed by atoms with van der Waals surface area (Å²) in [5.41, 5.74) is 1.03. The van der Waals surface area contributed by atoms with Crippen molar-refractivity contribution >= 4 is 5.91 Å². The predicted molar refractivity (Wildman–Crippen MR) is 64.2 cm³/mol. The van der Waals surface area contributed by atoms with E-state index in [0.29, 0.717) is 12.8 Å². The zero-order chi connectivity index (χ0) is 12.3. The van der Waals surface area contributed by atoms with Gasteiger partial charge in [0.15, 0.2) is 11.5 Å². The third-order valence-corrected chi connectivity index (χ3v) is 2.55. The topological polar surface area (TPSA) is 47.6 Å². The van der Waals surface area contributed by atoms with Crippen LogP contribution in [-0.2, 0) is 11.2 Å². The smallest absolute Gasteiger partial charge is 0.231 e. The fourth-order valence-corrected chi connectivity index (χ4v) is 1.83. The molecule has 1 aliphatic rings. The van der Waals surface area contributed by atoms with Gasteiger partial charge in [-0.25, -0.2) is 0 Å². The van der Waals surface area contributed by atoms with Crippen LogP contribution < -0.4 is 14.8 Å². The molecule has 1 aromatic rings. The van der Waals surface area contributed by atoms with E-state index < -0.39 is 0 Å². The molecule has 4 nitrogen and oxygen atoms in total. The van der Waals surface area contributed by atoms with Gasteiger partial charge in [-0.2, -0.15) is 0 Å². The Morgan fingerprint density at radius 2 is 2.24 bits per heavy atom.